The van der Waals surface area contributed by atoms with Crippen LogP contribution in [0.15, 0.2) is 54.6 Å². The number of H-pyrrole nitrogens is 1. The summed E-state index contributed by atoms with van der Waals surface area (Å²) in [6, 6.07) is 16.6. The van der Waals surface area contributed by atoms with Crippen molar-refractivity contribution < 1.29 is 9.59 Å². The fourth-order valence-electron chi connectivity index (χ4n) is 4.12. The number of imidazole rings is 1. The SMILES string of the molecule is CN[C@@H](C)C(=O)N[C@@H](Cc1ccccc1)C(=O)N1CCC[C@@H]1c1nc2ccccc2[nH]1. The van der Waals surface area contributed by atoms with E-state index in [0.29, 0.717) is 13.0 Å². The molecule has 3 N–H and O–H groups in total. The highest BCUT2D eigenvalue weighted by atomic mass is 16.2. The minimum Gasteiger partial charge on any atom is -0.343 e. The number of carbonyl (C=O) groups is 2. The molecule has 1 fully saturated rings. The first-order chi connectivity index (χ1) is 15.1. The summed E-state index contributed by atoms with van der Waals surface area (Å²) in [6.45, 7) is 2.44. The van der Waals surface area contributed by atoms with Crippen molar-refractivity contribution in [1.29, 1.82) is 0 Å². The highest BCUT2D eigenvalue weighted by Crippen LogP contribution is 2.32. The molecule has 2 amide bonds. The molecule has 0 bridgehead atoms. The third kappa shape index (κ3) is 4.61. The molecule has 0 radical (unpaired) electrons. The molecular weight excluding hydrogens is 390 g/mol. The van der Waals surface area contributed by atoms with Gasteiger partial charge in [-0.2, -0.15) is 0 Å². The largest absolute Gasteiger partial charge is 0.343 e. The molecule has 7 nitrogen and oxygen atoms in total. The van der Waals surface area contributed by atoms with E-state index in [0.717, 1.165) is 35.3 Å². The van der Waals surface area contributed by atoms with Crippen molar-refractivity contribution in [2.75, 3.05) is 13.6 Å². The lowest BCUT2D eigenvalue weighted by Gasteiger charge is -2.29. The average molecular weight is 420 g/mol. The van der Waals surface area contributed by atoms with E-state index in [1.54, 1.807) is 14.0 Å². The summed E-state index contributed by atoms with van der Waals surface area (Å²) in [5.74, 6) is 0.556. The van der Waals surface area contributed by atoms with E-state index in [1.807, 2.05) is 59.5 Å². The van der Waals surface area contributed by atoms with Gasteiger partial charge >= 0.3 is 0 Å². The van der Waals surface area contributed by atoms with Crippen LogP contribution < -0.4 is 10.6 Å². The Labute approximate surface area is 182 Å². The highest BCUT2D eigenvalue weighted by molar-refractivity contribution is 5.90. The van der Waals surface area contributed by atoms with Gasteiger partial charge in [-0.15, -0.1) is 0 Å². The van der Waals surface area contributed by atoms with Crippen LogP contribution in [0.2, 0.25) is 0 Å². The third-order valence-corrected chi connectivity index (χ3v) is 5.98. The first-order valence-corrected chi connectivity index (χ1v) is 10.8. The lowest BCUT2D eigenvalue weighted by atomic mass is 10.0. The van der Waals surface area contributed by atoms with Crippen LogP contribution >= 0.6 is 0 Å². The molecule has 0 saturated carbocycles. The zero-order valence-corrected chi connectivity index (χ0v) is 18.0. The van der Waals surface area contributed by atoms with Gasteiger partial charge in [-0.05, 0) is 44.5 Å². The van der Waals surface area contributed by atoms with Gasteiger partial charge in [0.25, 0.3) is 0 Å². The fourth-order valence-corrected chi connectivity index (χ4v) is 4.12. The number of hydrogen-bond acceptors (Lipinski definition) is 4. The molecular formula is C24H29N5O2. The molecule has 1 aliphatic rings. The predicted molar refractivity (Wildman–Crippen MR) is 120 cm³/mol. The number of para-hydroxylation sites is 2. The Morgan fingerprint density at radius 2 is 1.90 bits per heavy atom. The van der Waals surface area contributed by atoms with Gasteiger partial charge in [0.05, 0.1) is 23.1 Å². The normalized spacial score (nSPS) is 18.1. The number of amides is 2. The van der Waals surface area contributed by atoms with Gasteiger partial charge < -0.3 is 20.5 Å². The maximum absolute atomic E-state index is 13.6. The van der Waals surface area contributed by atoms with Crippen molar-refractivity contribution in [1.82, 2.24) is 25.5 Å². The molecule has 162 valence electrons. The van der Waals surface area contributed by atoms with Gasteiger partial charge in [0.1, 0.15) is 11.9 Å². The molecule has 2 aromatic carbocycles. The molecule has 1 aliphatic heterocycles. The number of nitrogens with zero attached hydrogens (tertiary/aromatic N) is 2. The van der Waals surface area contributed by atoms with Gasteiger partial charge in [-0.1, -0.05) is 42.5 Å². The van der Waals surface area contributed by atoms with Gasteiger partial charge in [0.15, 0.2) is 0 Å². The van der Waals surface area contributed by atoms with Gasteiger partial charge in [-0.25, -0.2) is 4.98 Å². The van der Waals surface area contributed by atoms with Crippen LogP contribution in [0.25, 0.3) is 11.0 Å². The zero-order valence-electron chi connectivity index (χ0n) is 18.0. The number of aromatic amines is 1. The Balaban J connectivity index is 1.58. The van der Waals surface area contributed by atoms with E-state index in [1.165, 1.54) is 0 Å². The van der Waals surface area contributed by atoms with Crippen LogP contribution in [-0.2, 0) is 16.0 Å². The molecule has 1 aromatic heterocycles. The maximum atomic E-state index is 13.6. The lowest BCUT2D eigenvalue weighted by Crippen LogP contribution is -2.53. The minimum absolute atomic E-state index is 0.0662. The van der Waals surface area contributed by atoms with E-state index in [9.17, 15) is 9.59 Å². The van der Waals surface area contributed by atoms with E-state index in [-0.39, 0.29) is 23.9 Å². The zero-order chi connectivity index (χ0) is 21.8. The summed E-state index contributed by atoms with van der Waals surface area (Å²) < 4.78 is 0. The third-order valence-electron chi connectivity index (χ3n) is 5.98. The lowest BCUT2D eigenvalue weighted by molar-refractivity contribution is -0.137. The topological polar surface area (TPSA) is 90.1 Å². The molecule has 2 heterocycles. The second kappa shape index (κ2) is 9.31. The number of fused-ring (bicyclic) bond motifs is 1. The average Bonchev–Trinajstić information content (AvgIpc) is 3.45. The minimum atomic E-state index is -0.629. The van der Waals surface area contributed by atoms with Crippen molar-refractivity contribution in [3.63, 3.8) is 0 Å². The van der Waals surface area contributed by atoms with Gasteiger partial charge in [0.2, 0.25) is 11.8 Å². The van der Waals surface area contributed by atoms with Crippen LogP contribution in [0, 0.1) is 0 Å². The first-order valence-electron chi connectivity index (χ1n) is 10.8. The number of likely N-dealkylation sites (tertiary alicyclic amines) is 1. The number of likely N-dealkylation sites (N-methyl/N-ethyl adjacent to an activating group) is 1. The predicted octanol–water partition coefficient (Wildman–Crippen LogP) is 2.56. The Morgan fingerprint density at radius 1 is 1.16 bits per heavy atom. The number of carbonyl (C=O) groups excluding carboxylic acids is 2. The van der Waals surface area contributed by atoms with Gasteiger partial charge in [0, 0.05) is 13.0 Å². The second-order valence-electron chi connectivity index (χ2n) is 8.09. The second-order valence-corrected chi connectivity index (χ2v) is 8.09. The summed E-state index contributed by atoms with van der Waals surface area (Å²) >= 11 is 0. The maximum Gasteiger partial charge on any atom is 0.246 e. The first kappa shape index (κ1) is 21.1. The molecule has 4 rings (SSSR count). The quantitative estimate of drug-likeness (QED) is 0.549. The molecule has 3 atom stereocenters. The fraction of sp³-hybridized carbons (Fsp3) is 0.375. The monoisotopic (exact) mass is 419 g/mol. The van der Waals surface area contributed by atoms with Crippen molar-refractivity contribution in [2.45, 2.75) is 44.3 Å². The van der Waals surface area contributed by atoms with E-state index >= 15 is 0 Å². The number of hydrogen-bond donors (Lipinski definition) is 3. The van der Waals surface area contributed by atoms with Crippen molar-refractivity contribution in [3.05, 3.63) is 66.0 Å². The highest BCUT2D eigenvalue weighted by Gasteiger charge is 2.36. The number of rotatable bonds is 7. The molecule has 7 heteroatoms. The van der Waals surface area contributed by atoms with Crippen LogP contribution in [0.4, 0.5) is 0 Å². The van der Waals surface area contributed by atoms with Crippen LogP contribution in [0.1, 0.15) is 37.2 Å². The van der Waals surface area contributed by atoms with Crippen LogP contribution in [-0.4, -0.2) is 52.4 Å². The summed E-state index contributed by atoms with van der Waals surface area (Å²) in [5.41, 5.74) is 2.88. The smallest absolute Gasteiger partial charge is 0.246 e. The number of benzene rings is 2. The Kier molecular flexibility index (Phi) is 6.32. The van der Waals surface area contributed by atoms with Crippen molar-refractivity contribution >= 4 is 22.8 Å². The summed E-state index contributed by atoms with van der Waals surface area (Å²) in [4.78, 5) is 36.2. The molecule has 31 heavy (non-hydrogen) atoms. The standard InChI is InChI=1S/C24H29N5O2/c1-16(25-2)23(30)28-20(15-17-9-4-3-5-10-17)24(31)29-14-8-13-21(29)22-26-18-11-6-7-12-19(18)27-22/h3-7,9-12,16,20-21,25H,8,13-15H2,1-2H3,(H,26,27)(H,28,30)/t16-,20-,21+/m0/s1. The Bertz CT molecular complexity index is 1020. The Morgan fingerprint density at radius 3 is 2.65 bits per heavy atom. The Hall–Kier alpha value is -3.19. The summed E-state index contributed by atoms with van der Waals surface area (Å²) in [5, 5.41) is 5.91. The van der Waals surface area contributed by atoms with Crippen LogP contribution in [0.5, 0.6) is 0 Å². The molecule has 0 spiro atoms. The van der Waals surface area contributed by atoms with Crippen molar-refractivity contribution in [2.24, 2.45) is 0 Å². The van der Waals surface area contributed by atoms with E-state index in [2.05, 4.69) is 15.6 Å². The molecule has 1 saturated heterocycles. The number of nitrogens with one attached hydrogen (secondary N) is 3. The van der Waals surface area contributed by atoms with E-state index in [4.69, 9.17) is 4.98 Å². The van der Waals surface area contributed by atoms with Crippen molar-refractivity contribution in [3.8, 4) is 0 Å². The van der Waals surface area contributed by atoms with E-state index < -0.39 is 6.04 Å². The molecule has 3 aromatic rings. The van der Waals surface area contributed by atoms with Crippen LogP contribution in [0.3, 0.4) is 0 Å². The molecule has 0 unspecified atom stereocenters. The summed E-state index contributed by atoms with van der Waals surface area (Å²) in [6.07, 6.45) is 2.21. The number of aromatic nitrogens is 2. The molecule has 0 aliphatic carbocycles. The van der Waals surface area contributed by atoms with Gasteiger partial charge in [-0.3, -0.25) is 9.59 Å². The summed E-state index contributed by atoms with van der Waals surface area (Å²) in [7, 11) is 1.73.